The molecule has 92 valence electrons. The second-order valence-corrected chi connectivity index (χ2v) is 4.57. The lowest BCUT2D eigenvalue weighted by Crippen LogP contribution is -2.28. The van der Waals surface area contributed by atoms with Crippen molar-refractivity contribution >= 4 is 15.9 Å². The van der Waals surface area contributed by atoms with E-state index in [9.17, 15) is 0 Å². The fourth-order valence-corrected chi connectivity index (χ4v) is 2.29. The highest BCUT2D eigenvalue weighted by Gasteiger charge is 2.24. The van der Waals surface area contributed by atoms with Crippen LogP contribution in [0.1, 0.15) is 40.0 Å². The Labute approximate surface area is 103 Å². The number of ether oxygens (including phenoxy) is 2. The SMILES string of the molecule is CCCOCCOCC(CC)(CC)CBr. The van der Waals surface area contributed by atoms with Crippen molar-refractivity contribution in [3.63, 3.8) is 0 Å². The summed E-state index contributed by atoms with van der Waals surface area (Å²) in [6, 6.07) is 0. The largest absolute Gasteiger partial charge is 0.379 e. The summed E-state index contributed by atoms with van der Waals surface area (Å²) in [6.07, 6.45) is 3.39. The second-order valence-electron chi connectivity index (χ2n) is 4.01. The number of hydrogen-bond acceptors (Lipinski definition) is 2. The number of halogens is 1. The molecule has 0 radical (unpaired) electrons. The zero-order valence-corrected chi connectivity index (χ0v) is 11.9. The molecule has 0 N–H and O–H groups in total. The summed E-state index contributed by atoms with van der Waals surface area (Å²) in [5.41, 5.74) is 0.310. The van der Waals surface area contributed by atoms with E-state index in [0.29, 0.717) is 5.41 Å². The summed E-state index contributed by atoms with van der Waals surface area (Å²) < 4.78 is 11.0. The summed E-state index contributed by atoms with van der Waals surface area (Å²) >= 11 is 3.58. The molecule has 2 nitrogen and oxygen atoms in total. The molecule has 0 atom stereocenters. The van der Waals surface area contributed by atoms with Crippen molar-refractivity contribution in [1.82, 2.24) is 0 Å². The summed E-state index contributed by atoms with van der Waals surface area (Å²) in [5.74, 6) is 0. The number of alkyl halides is 1. The van der Waals surface area contributed by atoms with Crippen molar-refractivity contribution in [2.45, 2.75) is 40.0 Å². The Morgan fingerprint density at radius 3 is 2.00 bits per heavy atom. The minimum absolute atomic E-state index is 0.310. The van der Waals surface area contributed by atoms with Crippen molar-refractivity contribution in [2.75, 3.05) is 31.8 Å². The van der Waals surface area contributed by atoms with Gasteiger partial charge in [0, 0.05) is 17.4 Å². The Morgan fingerprint density at radius 2 is 1.53 bits per heavy atom. The lowest BCUT2D eigenvalue weighted by Gasteiger charge is -2.29. The molecular weight excluding hydrogens is 256 g/mol. The Kier molecular flexibility index (Phi) is 9.87. The molecule has 15 heavy (non-hydrogen) atoms. The van der Waals surface area contributed by atoms with Gasteiger partial charge in [-0.3, -0.25) is 0 Å². The molecule has 0 heterocycles. The standard InChI is InChI=1S/C12H25BrO2/c1-4-7-14-8-9-15-11-12(5-2,6-3)10-13/h4-11H2,1-3H3. The minimum Gasteiger partial charge on any atom is -0.379 e. The fourth-order valence-electron chi connectivity index (χ4n) is 1.33. The van der Waals surface area contributed by atoms with Crippen LogP contribution in [0.2, 0.25) is 0 Å². The van der Waals surface area contributed by atoms with Gasteiger partial charge in [-0.2, -0.15) is 0 Å². The first-order chi connectivity index (χ1) is 7.24. The summed E-state index contributed by atoms with van der Waals surface area (Å²) in [4.78, 5) is 0. The van der Waals surface area contributed by atoms with Gasteiger partial charge in [0.05, 0.1) is 19.8 Å². The third-order valence-electron chi connectivity index (χ3n) is 2.91. The molecule has 0 rings (SSSR count). The van der Waals surface area contributed by atoms with E-state index in [1.54, 1.807) is 0 Å². The topological polar surface area (TPSA) is 18.5 Å². The van der Waals surface area contributed by atoms with Crippen LogP contribution in [0.3, 0.4) is 0 Å². The predicted octanol–water partition coefficient (Wildman–Crippen LogP) is 3.63. The molecule has 0 saturated heterocycles. The Bertz CT molecular complexity index is 127. The molecule has 0 aromatic heterocycles. The van der Waals surface area contributed by atoms with Crippen molar-refractivity contribution in [3.05, 3.63) is 0 Å². The van der Waals surface area contributed by atoms with E-state index in [1.807, 2.05) is 0 Å². The molecule has 0 saturated carbocycles. The molecule has 0 aliphatic rings. The zero-order valence-electron chi connectivity index (χ0n) is 10.4. The first-order valence-corrected chi connectivity index (χ1v) is 7.08. The third-order valence-corrected chi connectivity index (χ3v) is 4.10. The van der Waals surface area contributed by atoms with E-state index in [-0.39, 0.29) is 0 Å². The summed E-state index contributed by atoms with van der Waals surface area (Å²) in [5, 5.41) is 1.02. The maximum absolute atomic E-state index is 5.66. The van der Waals surface area contributed by atoms with E-state index < -0.39 is 0 Å². The highest BCUT2D eigenvalue weighted by atomic mass is 79.9. The van der Waals surface area contributed by atoms with Crippen LogP contribution >= 0.6 is 15.9 Å². The van der Waals surface area contributed by atoms with E-state index in [2.05, 4.69) is 36.7 Å². The molecule has 0 spiro atoms. The highest BCUT2D eigenvalue weighted by molar-refractivity contribution is 9.09. The lowest BCUT2D eigenvalue weighted by atomic mass is 9.86. The van der Waals surface area contributed by atoms with Gasteiger partial charge in [-0.1, -0.05) is 36.7 Å². The first kappa shape index (κ1) is 15.4. The smallest absolute Gasteiger partial charge is 0.0700 e. The Hall–Kier alpha value is 0.400. The Balaban J connectivity index is 3.54. The Morgan fingerprint density at radius 1 is 0.933 bits per heavy atom. The monoisotopic (exact) mass is 280 g/mol. The molecule has 3 heteroatoms. The molecule has 0 unspecified atom stereocenters. The molecule has 0 fully saturated rings. The van der Waals surface area contributed by atoms with Gasteiger partial charge < -0.3 is 9.47 Å². The van der Waals surface area contributed by atoms with E-state index >= 15 is 0 Å². The maximum atomic E-state index is 5.66. The lowest BCUT2D eigenvalue weighted by molar-refractivity contribution is 0.00931. The average Bonchev–Trinajstić information content (AvgIpc) is 2.29. The van der Waals surface area contributed by atoms with Crippen LogP contribution in [0.5, 0.6) is 0 Å². The number of hydrogen-bond donors (Lipinski definition) is 0. The predicted molar refractivity (Wildman–Crippen MR) is 68.7 cm³/mol. The van der Waals surface area contributed by atoms with Gasteiger partial charge in [-0.15, -0.1) is 0 Å². The van der Waals surface area contributed by atoms with Gasteiger partial charge in [-0.05, 0) is 19.3 Å². The summed E-state index contributed by atoms with van der Waals surface area (Å²) in [7, 11) is 0. The zero-order chi connectivity index (χ0) is 11.6. The maximum Gasteiger partial charge on any atom is 0.0700 e. The van der Waals surface area contributed by atoms with Gasteiger partial charge in [0.25, 0.3) is 0 Å². The fraction of sp³-hybridized carbons (Fsp3) is 1.00. The molecule has 0 aliphatic heterocycles. The first-order valence-electron chi connectivity index (χ1n) is 5.96. The van der Waals surface area contributed by atoms with E-state index in [1.165, 1.54) is 0 Å². The van der Waals surface area contributed by atoms with Gasteiger partial charge in [-0.25, -0.2) is 0 Å². The van der Waals surface area contributed by atoms with Gasteiger partial charge in [0.15, 0.2) is 0 Å². The summed E-state index contributed by atoms with van der Waals surface area (Å²) in [6.45, 7) is 9.68. The van der Waals surface area contributed by atoms with Crippen molar-refractivity contribution < 1.29 is 9.47 Å². The van der Waals surface area contributed by atoms with Gasteiger partial charge in [0.1, 0.15) is 0 Å². The van der Waals surface area contributed by atoms with E-state index in [0.717, 1.165) is 51.0 Å². The van der Waals surface area contributed by atoms with Crippen molar-refractivity contribution in [1.29, 1.82) is 0 Å². The van der Waals surface area contributed by atoms with Gasteiger partial charge in [0.2, 0.25) is 0 Å². The average molecular weight is 281 g/mol. The molecule has 0 bridgehead atoms. The normalized spacial score (nSPS) is 12.0. The molecule has 0 aromatic rings. The van der Waals surface area contributed by atoms with Crippen LogP contribution in [0.25, 0.3) is 0 Å². The molecule has 0 amide bonds. The van der Waals surface area contributed by atoms with Crippen LogP contribution < -0.4 is 0 Å². The molecule has 0 aromatic carbocycles. The van der Waals surface area contributed by atoms with Crippen LogP contribution in [-0.2, 0) is 9.47 Å². The van der Waals surface area contributed by atoms with Crippen LogP contribution in [0, 0.1) is 5.41 Å². The second kappa shape index (κ2) is 9.61. The molecule has 0 aliphatic carbocycles. The van der Waals surface area contributed by atoms with Crippen molar-refractivity contribution in [2.24, 2.45) is 5.41 Å². The minimum atomic E-state index is 0.310. The van der Waals surface area contributed by atoms with Crippen LogP contribution in [0.4, 0.5) is 0 Å². The van der Waals surface area contributed by atoms with E-state index in [4.69, 9.17) is 9.47 Å². The van der Waals surface area contributed by atoms with Gasteiger partial charge >= 0.3 is 0 Å². The number of rotatable bonds is 10. The van der Waals surface area contributed by atoms with Crippen LogP contribution in [0.15, 0.2) is 0 Å². The highest BCUT2D eigenvalue weighted by Crippen LogP contribution is 2.28. The quantitative estimate of drug-likeness (QED) is 0.449. The third kappa shape index (κ3) is 6.54. The molecular formula is C12H25BrO2. The van der Waals surface area contributed by atoms with Crippen LogP contribution in [-0.4, -0.2) is 31.8 Å². The van der Waals surface area contributed by atoms with Crippen molar-refractivity contribution in [3.8, 4) is 0 Å².